The lowest BCUT2D eigenvalue weighted by Gasteiger charge is -1.99. The van der Waals surface area contributed by atoms with Gasteiger partial charge in [-0.05, 0) is 13.3 Å². The van der Waals surface area contributed by atoms with Crippen LogP contribution in [0.4, 0.5) is 0 Å². The van der Waals surface area contributed by atoms with E-state index in [0.717, 1.165) is 0 Å². The molecule has 14 heavy (non-hydrogen) atoms. The van der Waals surface area contributed by atoms with Crippen LogP contribution in [0.5, 0.6) is 0 Å². The Morgan fingerprint density at radius 2 is 1.71 bits per heavy atom. The molecule has 0 aromatic heterocycles. The van der Waals surface area contributed by atoms with Crippen molar-refractivity contribution < 1.29 is 24.9 Å². The molecule has 0 rings (SSSR count). The van der Waals surface area contributed by atoms with Crippen molar-refractivity contribution in [2.75, 3.05) is 26.4 Å². The summed E-state index contributed by atoms with van der Waals surface area (Å²) in [7, 11) is 0. The average molecular weight is 206 g/mol. The Morgan fingerprint density at radius 3 is 1.93 bits per heavy atom. The van der Waals surface area contributed by atoms with Crippen LogP contribution in [0, 0.1) is 0 Å². The number of hydrogen-bond acceptors (Lipinski definition) is 5. The third kappa shape index (κ3) is 13.7. The molecule has 0 atom stereocenters. The number of aliphatic hydroxyl groups excluding tert-OH is 3. The maximum absolute atomic E-state index is 10.5. The second kappa shape index (κ2) is 12.1. The minimum absolute atomic E-state index is 0.0473. The highest BCUT2D eigenvalue weighted by Crippen LogP contribution is 1.89. The first-order chi connectivity index (χ1) is 6.59. The van der Waals surface area contributed by atoms with Crippen LogP contribution in [0.15, 0.2) is 12.2 Å². The number of carbonyl (C=O) groups excluding carboxylic acids is 1. The first-order valence-corrected chi connectivity index (χ1v) is 4.25. The first kappa shape index (κ1) is 15.6. The molecule has 0 unspecified atom stereocenters. The lowest BCUT2D eigenvalue weighted by molar-refractivity contribution is -0.139. The molecule has 0 heterocycles. The molecule has 0 saturated carbocycles. The molecule has 0 fully saturated rings. The van der Waals surface area contributed by atoms with Crippen molar-refractivity contribution in [2.24, 2.45) is 0 Å². The molecule has 5 nitrogen and oxygen atoms in total. The van der Waals surface area contributed by atoms with Gasteiger partial charge in [0, 0.05) is 18.8 Å². The third-order valence-electron chi connectivity index (χ3n) is 0.989. The maximum atomic E-state index is 10.5. The van der Waals surface area contributed by atoms with E-state index in [2.05, 4.69) is 11.3 Å². The SMILES string of the molecule is C=C(C)C(=O)OCCO.OCCCO. The molecule has 0 amide bonds. The van der Waals surface area contributed by atoms with Gasteiger partial charge in [-0.15, -0.1) is 0 Å². The maximum Gasteiger partial charge on any atom is 0.333 e. The van der Waals surface area contributed by atoms with Crippen molar-refractivity contribution in [3.05, 3.63) is 12.2 Å². The summed E-state index contributed by atoms with van der Waals surface area (Å²) in [6.45, 7) is 5.00. The summed E-state index contributed by atoms with van der Waals surface area (Å²) in [6.07, 6.45) is 0.500. The number of rotatable bonds is 5. The van der Waals surface area contributed by atoms with Crippen LogP contribution in [-0.4, -0.2) is 47.7 Å². The zero-order valence-corrected chi connectivity index (χ0v) is 8.40. The van der Waals surface area contributed by atoms with Crippen LogP contribution < -0.4 is 0 Å². The number of aliphatic hydroxyl groups is 3. The highest BCUT2D eigenvalue weighted by molar-refractivity contribution is 5.86. The van der Waals surface area contributed by atoms with Crippen LogP contribution in [0.3, 0.4) is 0 Å². The number of esters is 1. The molecule has 0 aliphatic carbocycles. The third-order valence-corrected chi connectivity index (χ3v) is 0.989. The monoisotopic (exact) mass is 206 g/mol. The molecule has 0 bridgehead atoms. The predicted molar refractivity (Wildman–Crippen MR) is 51.6 cm³/mol. The van der Waals surface area contributed by atoms with E-state index in [4.69, 9.17) is 15.3 Å². The molecule has 0 aromatic carbocycles. The van der Waals surface area contributed by atoms with Gasteiger partial charge in [-0.25, -0.2) is 4.79 Å². The smallest absolute Gasteiger partial charge is 0.333 e. The van der Waals surface area contributed by atoms with Crippen molar-refractivity contribution >= 4 is 5.97 Å². The summed E-state index contributed by atoms with van der Waals surface area (Å²) < 4.78 is 4.46. The van der Waals surface area contributed by atoms with Gasteiger partial charge in [-0.2, -0.15) is 0 Å². The summed E-state index contributed by atoms with van der Waals surface area (Å²) in [6, 6.07) is 0. The number of ether oxygens (including phenoxy) is 1. The fourth-order valence-electron chi connectivity index (χ4n) is 0.332. The van der Waals surface area contributed by atoms with E-state index in [9.17, 15) is 4.79 Å². The molecule has 0 aliphatic rings. The molecule has 0 aromatic rings. The second-order valence-electron chi connectivity index (χ2n) is 2.44. The Balaban J connectivity index is 0. The molecule has 0 spiro atoms. The molecule has 5 heteroatoms. The largest absolute Gasteiger partial charge is 0.460 e. The molecule has 0 saturated heterocycles. The van der Waals surface area contributed by atoms with Crippen LogP contribution in [0.2, 0.25) is 0 Å². The van der Waals surface area contributed by atoms with Crippen LogP contribution in [-0.2, 0) is 9.53 Å². The molecule has 84 valence electrons. The van der Waals surface area contributed by atoms with E-state index in [1.165, 1.54) is 0 Å². The normalized spacial score (nSPS) is 8.57. The van der Waals surface area contributed by atoms with Crippen molar-refractivity contribution in [1.82, 2.24) is 0 Å². The van der Waals surface area contributed by atoms with Gasteiger partial charge in [-0.3, -0.25) is 0 Å². The summed E-state index contributed by atoms with van der Waals surface area (Å²) >= 11 is 0. The van der Waals surface area contributed by atoms with Crippen molar-refractivity contribution in [3.63, 3.8) is 0 Å². The van der Waals surface area contributed by atoms with Gasteiger partial charge >= 0.3 is 5.97 Å². The molecular weight excluding hydrogens is 188 g/mol. The molecule has 0 radical (unpaired) electrons. The van der Waals surface area contributed by atoms with Gasteiger partial charge in [0.15, 0.2) is 0 Å². The number of hydrogen-bond donors (Lipinski definition) is 3. The molecular formula is C9H18O5. The fourth-order valence-corrected chi connectivity index (χ4v) is 0.332. The average Bonchev–Trinajstić information content (AvgIpc) is 2.16. The highest BCUT2D eigenvalue weighted by Gasteiger charge is 1.99. The van der Waals surface area contributed by atoms with Crippen LogP contribution >= 0.6 is 0 Å². The summed E-state index contributed by atoms with van der Waals surface area (Å²) in [5.74, 6) is -0.455. The fraction of sp³-hybridized carbons (Fsp3) is 0.667. The first-order valence-electron chi connectivity index (χ1n) is 4.25. The van der Waals surface area contributed by atoms with Gasteiger partial charge in [0.05, 0.1) is 6.61 Å². The van der Waals surface area contributed by atoms with Gasteiger partial charge in [0.2, 0.25) is 0 Å². The minimum Gasteiger partial charge on any atom is -0.460 e. The van der Waals surface area contributed by atoms with E-state index in [1.54, 1.807) is 6.92 Å². The quantitative estimate of drug-likeness (QED) is 0.415. The Morgan fingerprint density at radius 1 is 1.21 bits per heavy atom. The summed E-state index contributed by atoms with van der Waals surface area (Å²) in [5, 5.41) is 24.0. The van der Waals surface area contributed by atoms with E-state index in [-0.39, 0.29) is 26.4 Å². The second-order valence-corrected chi connectivity index (χ2v) is 2.44. The van der Waals surface area contributed by atoms with Crippen molar-refractivity contribution in [1.29, 1.82) is 0 Å². The standard InChI is InChI=1S/C6H10O3.C3H8O2/c1-5(2)6(8)9-4-3-7;4-2-1-3-5/h7H,1,3-4H2,2H3;4-5H,1-3H2. The lowest BCUT2D eigenvalue weighted by Crippen LogP contribution is -2.08. The molecule has 3 N–H and O–H groups in total. The van der Waals surface area contributed by atoms with Crippen LogP contribution in [0.25, 0.3) is 0 Å². The number of carbonyl (C=O) groups is 1. The Kier molecular flexibility index (Phi) is 13.4. The van der Waals surface area contributed by atoms with Crippen molar-refractivity contribution in [3.8, 4) is 0 Å². The lowest BCUT2D eigenvalue weighted by atomic mass is 10.4. The van der Waals surface area contributed by atoms with Gasteiger partial charge < -0.3 is 20.1 Å². The Labute approximate surface area is 83.6 Å². The molecule has 0 aliphatic heterocycles. The predicted octanol–water partition coefficient (Wildman–Crippen LogP) is -0.541. The van der Waals surface area contributed by atoms with Crippen molar-refractivity contribution in [2.45, 2.75) is 13.3 Å². The van der Waals surface area contributed by atoms with Crippen LogP contribution in [0.1, 0.15) is 13.3 Å². The van der Waals surface area contributed by atoms with E-state index < -0.39 is 5.97 Å². The zero-order valence-electron chi connectivity index (χ0n) is 8.40. The minimum atomic E-state index is -0.455. The Hall–Kier alpha value is -0.910. The highest BCUT2D eigenvalue weighted by atomic mass is 16.5. The Bertz CT molecular complexity index is 153. The zero-order chi connectivity index (χ0) is 11.4. The van der Waals surface area contributed by atoms with Gasteiger partial charge in [-0.1, -0.05) is 6.58 Å². The van der Waals surface area contributed by atoms with E-state index in [1.807, 2.05) is 0 Å². The van der Waals surface area contributed by atoms with E-state index in [0.29, 0.717) is 12.0 Å². The topological polar surface area (TPSA) is 87.0 Å². The van der Waals surface area contributed by atoms with Gasteiger partial charge in [0.25, 0.3) is 0 Å². The summed E-state index contributed by atoms with van der Waals surface area (Å²) in [5.41, 5.74) is 0.350. The van der Waals surface area contributed by atoms with E-state index >= 15 is 0 Å². The summed E-state index contributed by atoms with van der Waals surface area (Å²) in [4.78, 5) is 10.5. The van der Waals surface area contributed by atoms with Gasteiger partial charge in [0.1, 0.15) is 6.61 Å².